The van der Waals surface area contributed by atoms with Gasteiger partial charge in [-0.05, 0) is 61.7 Å². The van der Waals surface area contributed by atoms with Crippen molar-refractivity contribution in [3.8, 4) is 0 Å². The Morgan fingerprint density at radius 3 is 2.89 bits per heavy atom. The summed E-state index contributed by atoms with van der Waals surface area (Å²) in [5.74, 6) is -0.162. The van der Waals surface area contributed by atoms with Gasteiger partial charge in [0.05, 0.1) is 6.04 Å². The second-order valence-corrected chi connectivity index (χ2v) is 8.86. The molecule has 0 aromatic carbocycles. The quantitative estimate of drug-likeness (QED) is 0.308. The molecule has 1 aliphatic heterocycles. The van der Waals surface area contributed by atoms with Crippen LogP contribution in [0.3, 0.4) is 0 Å². The van der Waals surface area contributed by atoms with Gasteiger partial charge >= 0.3 is 5.97 Å². The highest BCUT2D eigenvalue weighted by atomic mass is 19.1. The van der Waals surface area contributed by atoms with Crippen LogP contribution in [0.2, 0.25) is 0 Å². The van der Waals surface area contributed by atoms with Crippen molar-refractivity contribution in [2.45, 2.75) is 38.4 Å². The van der Waals surface area contributed by atoms with Gasteiger partial charge in [-0.1, -0.05) is 44.4 Å². The molecule has 1 heterocycles. The van der Waals surface area contributed by atoms with Gasteiger partial charge < -0.3 is 15.7 Å². The minimum atomic E-state index is -1.28. The number of hydrogen-bond acceptors (Lipinski definition) is 5. The molecule has 2 aliphatic carbocycles. The van der Waals surface area contributed by atoms with Crippen molar-refractivity contribution in [1.82, 2.24) is 10.6 Å². The summed E-state index contributed by atoms with van der Waals surface area (Å²) in [5, 5.41) is 14.5. The number of aliphatic carboxylic acids is 1. The monoisotopic (exact) mass is 498 g/mol. The molecule has 3 aliphatic rings. The van der Waals surface area contributed by atoms with Gasteiger partial charge in [0.2, 0.25) is 0 Å². The third kappa shape index (κ3) is 9.34. The Morgan fingerprint density at radius 2 is 2.19 bits per heavy atom. The molecular weight excluding hydrogens is 462 g/mol. The summed E-state index contributed by atoms with van der Waals surface area (Å²) in [4.78, 5) is 18.6. The van der Waals surface area contributed by atoms with Gasteiger partial charge in [0.25, 0.3) is 0 Å². The van der Waals surface area contributed by atoms with Crippen LogP contribution in [0.4, 0.5) is 8.78 Å². The summed E-state index contributed by atoms with van der Waals surface area (Å²) in [6.45, 7) is 10.9. The predicted molar refractivity (Wildman–Crippen MR) is 144 cm³/mol. The van der Waals surface area contributed by atoms with Crippen LogP contribution in [-0.4, -0.2) is 55.5 Å². The molecule has 194 valence electrons. The molecule has 0 saturated heterocycles. The number of carboxylic acid groups (broad SMARTS) is 1. The van der Waals surface area contributed by atoms with Crippen molar-refractivity contribution in [2.24, 2.45) is 21.8 Å². The summed E-state index contributed by atoms with van der Waals surface area (Å²) in [6, 6.07) is -0.215. The summed E-state index contributed by atoms with van der Waals surface area (Å²) in [7, 11) is 1.87. The fraction of sp³-hybridized carbons (Fsp3) is 0.393. The van der Waals surface area contributed by atoms with Gasteiger partial charge in [-0.15, -0.1) is 0 Å². The highest BCUT2D eigenvalue weighted by Gasteiger charge is 2.29. The highest BCUT2D eigenvalue weighted by Crippen LogP contribution is 2.25. The third-order valence-corrected chi connectivity index (χ3v) is 5.90. The second-order valence-electron chi connectivity index (χ2n) is 8.86. The maximum Gasteiger partial charge on any atom is 0.303 e. The molecule has 4 atom stereocenters. The van der Waals surface area contributed by atoms with E-state index in [0.29, 0.717) is 24.4 Å². The zero-order valence-electron chi connectivity index (χ0n) is 21.0. The number of hydrogen-bond donors (Lipinski definition) is 3. The molecule has 0 spiro atoms. The molecular formula is C28H36F2N4O2. The number of fused-ring (bicyclic) bond motifs is 1. The van der Waals surface area contributed by atoms with Crippen LogP contribution >= 0.6 is 0 Å². The van der Waals surface area contributed by atoms with E-state index in [1.807, 2.05) is 20.0 Å². The van der Waals surface area contributed by atoms with Gasteiger partial charge in [0.1, 0.15) is 17.8 Å². The first-order valence-corrected chi connectivity index (χ1v) is 12.0. The number of nitrogens with one attached hydrogen (secondary N) is 2. The van der Waals surface area contributed by atoms with Crippen molar-refractivity contribution >= 4 is 18.0 Å². The van der Waals surface area contributed by atoms with Crippen LogP contribution in [0.15, 0.2) is 94.4 Å². The number of aliphatic imine (C=N–C) groups is 2. The number of amidine groups is 1. The molecule has 36 heavy (non-hydrogen) atoms. The SMILES string of the molecule is C=CN=CC(=C)/C1=C/C=C(/C2=NCC3C=CC(F)=CC3N2)C(F)C=CC1.CNCCC(C)CC(=O)O. The van der Waals surface area contributed by atoms with E-state index in [9.17, 15) is 13.6 Å². The average molecular weight is 499 g/mol. The predicted octanol–water partition coefficient (Wildman–Crippen LogP) is 5.02. The first-order chi connectivity index (χ1) is 17.2. The minimum absolute atomic E-state index is 0.0852. The lowest BCUT2D eigenvalue weighted by Gasteiger charge is -2.31. The lowest BCUT2D eigenvalue weighted by atomic mass is 9.91. The van der Waals surface area contributed by atoms with Gasteiger partial charge in [-0.3, -0.25) is 14.8 Å². The van der Waals surface area contributed by atoms with E-state index in [2.05, 4.69) is 33.8 Å². The molecule has 0 fully saturated rings. The van der Waals surface area contributed by atoms with Gasteiger partial charge in [-0.25, -0.2) is 8.78 Å². The van der Waals surface area contributed by atoms with Crippen LogP contribution in [-0.2, 0) is 4.79 Å². The topological polar surface area (TPSA) is 86.1 Å². The van der Waals surface area contributed by atoms with E-state index in [-0.39, 0.29) is 30.1 Å². The molecule has 0 radical (unpaired) electrons. The smallest absolute Gasteiger partial charge is 0.303 e. The van der Waals surface area contributed by atoms with Gasteiger partial charge in [-0.2, -0.15) is 0 Å². The Bertz CT molecular complexity index is 1020. The summed E-state index contributed by atoms with van der Waals surface area (Å²) in [6.07, 6.45) is 15.1. The van der Waals surface area contributed by atoms with Crippen LogP contribution < -0.4 is 10.6 Å². The fourth-order valence-corrected chi connectivity index (χ4v) is 3.82. The maximum absolute atomic E-state index is 14.6. The largest absolute Gasteiger partial charge is 0.481 e. The first-order valence-electron chi connectivity index (χ1n) is 12.0. The van der Waals surface area contributed by atoms with E-state index in [0.717, 1.165) is 24.1 Å². The second kappa shape index (κ2) is 14.9. The molecule has 0 aromatic rings. The fourth-order valence-electron chi connectivity index (χ4n) is 3.82. The minimum Gasteiger partial charge on any atom is -0.481 e. The average Bonchev–Trinajstić information content (AvgIpc) is 2.83. The zero-order valence-corrected chi connectivity index (χ0v) is 21.0. The van der Waals surface area contributed by atoms with E-state index >= 15 is 0 Å². The Balaban J connectivity index is 0.000000388. The number of carbonyl (C=O) groups is 1. The Hall–Kier alpha value is -3.39. The van der Waals surface area contributed by atoms with Crippen molar-refractivity contribution in [3.05, 3.63) is 84.4 Å². The van der Waals surface area contributed by atoms with E-state index in [1.165, 1.54) is 24.4 Å². The first kappa shape index (κ1) is 28.8. The van der Waals surface area contributed by atoms with Gasteiger partial charge in [0.15, 0.2) is 0 Å². The lowest BCUT2D eigenvalue weighted by Crippen LogP contribution is -2.46. The van der Waals surface area contributed by atoms with E-state index < -0.39 is 12.1 Å². The van der Waals surface area contributed by atoms with Crippen molar-refractivity contribution in [1.29, 1.82) is 0 Å². The number of alkyl halides is 1. The van der Waals surface area contributed by atoms with Crippen molar-refractivity contribution in [2.75, 3.05) is 20.1 Å². The van der Waals surface area contributed by atoms with Gasteiger partial charge in [0, 0.05) is 36.9 Å². The lowest BCUT2D eigenvalue weighted by molar-refractivity contribution is -0.138. The molecule has 0 saturated carbocycles. The van der Waals surface area contributed by atoms with Crippen LogP contribution in [0.5, 0.6) is 0 Å². The molecule has 8 heteroatoms. The molecule has 3 N–H and O–H groups in total. The maximum atomic E-state index is 14.6. The molecule has 0 amide bonds. The third-order valence-electron chi connectivity index (χ3n) is 5.90. The molecule has 6 nitrogen and oxygen atoms in total. The standard InChI is InChI=1S/C21H21F2N3.C7H15NO2/c1-3-24-12-14(2)15-5-4-6-19(23)18(10-8-15)21-25-13-16-7-9-17(22)11-20(16)26-21;1-6(3-4-8-2)5-7(9)10/h3-4,6-12,16,19-20H,1-2,5,13H2,(H,25,26);6,8H,3-5H2,1-2H3,(H,9,10)/b6-4?,15-8+,18-10+,24-12?;. The van der Waals surface area contributed by atoms with Crippen LogP contribution in [0, 0.1) is 11.8 Å². The number of carboxylic acids is 1. The van der Waals surface area contributed by atoms with Crippen molar-refractivity contribution in [3.63, 3.8) is 0 Å². The molecule has 3 rings (SSSR count). The molecule has 0 aromatic heterocycles. The van der Waals surface area contributed by atoms with Crippen molar-refractivity contribution < 1.29 is 18.7 Å². The Kier molecular flexibility index (Phi) is 11.9. The number of rotatable bonds is 9. The highest BCUT2D eigenvalue weighted by molar-refractivity contribution is 6.01. The summed E-state index contributed by atoms with van der Waals surface area (Å²) >= 11 is 0. The number of nitrogens with zero attached hydrogens (tertiary/aromatic N) is 2. The number of allylic oxidation sites excluding steroid dienone is 8. The molecule has 0 bridgehead atoms. The zero-order chi connectivity index (χ0) is 26.5. The Morgan fingerprint density at radius 1 is 1.42 bits per heavy atom. The number of halogens is 2. The molecule has 4 unspecified atom stereocenters. The van der Waals surface area contributed by atoms with Crippen LogP contribution in [0.1, 0.15) is 26.2 Å². The van der Waals surface area contributed by atoms with E-state index in [4.69, 9.17) is 5.11 Å². The summed E-state index contributed by atoms with van der Waals surface area (Å²) < 4.78 is 28.2. The Labute approximate surface area is 212 Å². The normalized spacial score (nSPS) is 26.7. The van der Waals surface area contributed by atoms with E-state index in [1.54, 1.807) is 24.4 Å². The summed E-state index contributed by atoms with van der Waals surface area (Å²) in [5.41, 5.74) is 2.09. The van der Waals surface area contributed by atoms with Crippen LogP contribution in [0.25, 0.3) is 0 Å².